The van der Waals surface area contributed by atoms with Crippen molar-refractivity contribution in [3.63, 3.8) is 0 Å². The second kappa shape index (κ2) is 3.07. The van der Waals surface area contributed by atoms with E-state index in [1.165, 1.54) is 0 Å². The average molecular weight is 204 g/mol. The lowest BCUT2D eigenvalue weighted by Gasteiger charge is -2.08. The van der Waals surface area contributed by atoms with Crippen LogP contribution in [0.25, 0.3) is 0 Å². The van der Waals surface area contributed by atoms with Gasteiger partial charge in [-0.05, 0) is 6.42 Å². The number of aromatic nitrogens is 3. The Labute approximate surface area is 77.4 Å². The molecule has 2 rings (SSSR count). The maximum absolute atomic E-state index is 12.1. The molecule has 0 aromatic carbocycles. The van der Waals surface area contributed by atoms with Crippen molar-refractivity contribution in [2.45, 2.75) is 25.4 Å². The summed E-state index contributed by atoms with van der Waals surface area (Å²) in [5.41, 5.74) is 0. The van der Waals surface area contributed by atoms with Crippen molar-refractivity contribution in [1.29, 1.82) is 0 Å². The monoisotopic (exact) mass is 204 g/mol. The molecule has 1 aromatic rings. The Kier molecular flexibility index (Phi) is 2.01. The first-order valence-corrected chi connectivity index (χ1v) is 4.09. The summed E-state index contributed by atoms with van der Waals surface area (Å²) in [4.78, 5) is 0. The highest BCUT2D eigenvalue weighted by Crippen LogP contribution is 2.21. The molecule has 0 unspecified atom stereocenters. The number of aryl methyl sites for hydroxylation is 1. The zero-order valence-electron chi connectivity index (χ0n) is 7.12. The van der Waals surface area contributed by atoms with E-state index in [1.54, 1.807) is 6.21 Å². The molecule has 1 aromatic heterocycles. The average Bonchev–Trinajstić information content (AvgIpc) is 2.47. The van der Waals surface area contributed by atoms with E-state index in [4.69, 9.17) is 0 Å². The molecular formula is C7H7F3N4. The molecule has 0 radical (unpaired) electrons. The van der Waals surface area contributed by atoms with Gasteiger partial charge in [-0.15, -0.1) is 10.2 Å². The van der Waals surface area contributed by atoms with Crippen molar-refractivity contribution >= 4 is 6.21 Å². The Morgan fingerprint density at radius 1 is 1.36 bits per heavy atom. The van der Waals surface area contributed by atoms with E-state index in [1.807, 2.05) is 0 Å². The molecule has 0 spiro atoms. The summed E-state index contributed by atoms with van der Waals surface area (Å²) in [5, 5.41) is 10.9. The van der Waals surface area contributed by atoms with E-state index >= 15 is 0 Å². The fourth-order valence-electron chi connectivity index (χ4n) is 1.26. The van der Waals surface area contributed by atoms with Crippen LogP contribution >= 0.6 is 0 Å². The summed E-state index contributed by atoms with van der Waals surface area (Å²) in [5.74, 6) is 0.343. The van der Waals surface area contributed by atoms with Crippen LogP contribution in [0, 0.1) is 0 Å². The Morgan fingerprint density at radius 3 is 2.86 bits per heavy atom. The predicted molar refractivity (Wildman–Crippen MR) is 42.0 cm³/mol. The number of nitrogens with zero attached hydrogens (tertiary/aromatic N) is 4. The van der Waals surface area contributed by atoms with Gasteiger partial charge < -0.3 is 0 Å². The topological polar surface area (TPSA) is 43.1 Å². The molecule has 14 heavy (non-hydrogen) atoms. The van der Waals surface area contributed by atoms with E-state index in [0.717, 1.165) is 4.68 Å². The summed E-state index contributed by atoms with van der Waals surface area (Å²) in [6, 6.07) is 0. The maximum Gasteiger partial charge on any atom is 0.396 e. The van der Waals surface area contributed by atoms with Gasteiger partial charge in [0.2, 0.25) is 0 Å². The van der Waals surface area contributed by atoms with E-state index in [9.17, 15) is 13.2 Å². The van der Waals surface area contributed by atoms with Crippen molar-refractivity contribution < 1.29 is 13.2 Å². The summed E-state index contributed by atoms with van der Waals surface area (Å²) in [6.45, 7) is 0. The molecule has 0 saturated heterocycles. The molecule has 1 aliphatic heterocycles. The Balaban J connectivity index is 2.28. The highest BCUT2D eigenvalue weighted by Gasteiger charge is 2.31. The summed E-state index contributed by atoms with van der Waals surface area (Å²) < 4.78 is 37.3. The molecule has 7 heteroatoms. The SMILES string of the molecule is FC(F)(F)Cc1nnc2n1N=CCC2. The van der Waals surface area contributed by atoms with Crippen LogP contribution in [0.1, 0.15) is 18.1 Å². The van der Waals surface area contributed by atoms with Crippen molar-refractivity contribution in [2.75, 3.05) is 0 Å². The minimum atomic E-state index is -4.27. The van der Waals surface area contributed by atoms with E-state index in [0.29, 0.717) is 18.7 Å². The first-order valence-electron chi connectivity index (χ1n) is 4.09. The summed E-state index contributed by atoms with van der Waals surface area (Å²) in [7, 11) is 0. The van der Waals surface area contributed by atoms with E-state index < -0.39 is 12.6 Å². The highest BCUT2D eigenvalue weighted by atomic mass is 19.4. The Bertz CT molecular complexity index is 366. The molecule has 0 N–H and O–H groups in total. The summed E-state index contributed by atoms with van der Waals surface area (Å²) >= 11 is 0. The van der Waals surface area contributed by atoms with Gasteiger partial charge in [0, 0.05) is 12.6 Å². The molecule has 0 atom stereocenters. The van der Waals surface area contributed by atoms with Crippen LogP contribution in [0.5, 0.6) is 0 Å². The molecule has 76 valence electrons. The minimum absolute atomic E-state index is 0.150. The van der Waals surface area contributed by atoms with Gasteiger partial charge in [0.25, 0.3) is 0 Å². The Morgan fingerprint density at radius 2 is 2.14 bits per heavy atom. The molecule has 0 amide bonds. The maximum atomic E-state index is 12.1. The van der Waals surface area contributed by atoms with Crippen LogP contribution in [-0.4, -0.2) is 27.3 Å². The van der Waals surface area contributed by atoms with E-state index in [2.05, 4.69) is 15.3 Å². The van der Waals surface area contributed by atoms with Gasteiger partial charge in [-0.1, -0.05) is 0 Å². The van der Waals surface area contributed by atoms with Crippen LogP contribution in [0.2, 0.25) is 0 Å². The number of hydrogen-bond acceptors (Lipinski definition) is 3. The Hall–Kier alpha value is -1.40. The normalized spacial score (nSPS) is 15.6. The highest BCUT2D eigenvalue weighted by molar-refractivity contribution is 5.58. The van der Waals surface area contributed by atoms with Crippen LogP contribution in [0.3, 0.4) is 0 Å². The lowest BCUT2D eigenvalue weighted by molar-refractivity contribution is -0.129. The fraction of sp³-hybridized carbons (Fsp3) is 0.571. The molecule has 0 aliphatic carbocycles. The third-order valence-corrected chi connectivity index (χ3v) is 1.82. The fourth-order valence-corrected chi connectivity index (χ4v) is 1.26. The first kappa shape index (κ1) is 9.17. The molecule has 4 nitrogen and oxygen atoms in total. The standard InChI is InChI=1S/C7H7F3N4/c8-7(9,10)4-6-13-12-5-2-1-3-11-14(5)6/h3H,1-2,4H2. The largest absolute Gasteiger partial charge is 0.396 e. The van der Waals surface area contributed by atoms with Crippen molar-refractivity contribution in [1.82, 2.24) is 14.9 Å². The number of alkyl halides is 3. The molecule has 1 aliphatic rings. The van der Waals surface area contributed by atoms with E-state index in [-0.39, 0.29) is 5.82 Å². The lowest BCUT2D eigenvalue weighted by Crippen LogP contribution is -2.16. The van der Waals surface area contributed by atoms with Crippen molar-refractivity contribution in [3.05, 3.63) is 11.6 Å². The zero-order valence-corrected chi connectivity index (χ0v) is 7.12. The van der Waals surface area contributed by atoms with Gasteiger partial charge >= 0.3 is 6.18 Å². The van der Waals surface area contributed by atoms with Gasteiger partial charge in [-0.3, -0.25) is 0 Å². The predicted octanol–water partition coefficient (Wildman–Crippen LogP) is 1.16. The smallest absolute Gasteiger partial charge is 0.201 e. The summed E-state index contributed by atoms with van der Waals surface area (Å²) in [6.07, 6.45) is -2.50. The van der Waals surface area contributed by atoms with Crippen LogP contribution in [-0.2, 0) is 12.8 Å². The van der Waals surface area contributed by atoms with Crippen LogP contribution in [0.15, 0.2) is 5.10 Å². The third-order valence-electron chi connectivity index (χ3n) is 1.82. The van der Waals surface area contributed by atoms with Crippen LogP contribution in [0.4, 0.5) is 13.2 Å². The minimum Gasteiger partial charge on any atom is -0.201 e. The number of fused-ring (bicyclic) bond motifs is 1. The third kappa shape index (κ3) is 1.75. The van der Waals surface area contributed by atoms with Crippen LogP contribution < -0.4 is 0 Å². The van der Waals surface area contributed by atoms with Gasteiger partial charge in [0.05, 0.1) is 0 Å². The zero-order chi connectivity index (χ0) is 10.2. The van der Waals surface area contributed by atoms with Gasteiger partial charge in [-0.25, -0.2) is 4.68 Å². The number of hydrogen-bond donors (Lipinski definition) is 0. The van der Waals surface area contributed by atoms with Gasteiger partial charge in [-0.2, -0.15) is 18.3 Å². The second-order valence-electron chi connectivity index (χ2n) is 2.97. The molecule has 0 bridgehead atoms. The van der Waals surface area contributed by atoms with Crippen molar-refractivity contribution in [3.8, 4) is 0 Å². The van der Waals surface area contributed by atoms with Gasteiger partial charge in [0.15, 0.2) is 11.6 Å². The molecule has 0 fully saturated rings. The van der Waals surface area contributed by atoms with Gasteiger partial charge in [0.1, 0.15) is 6.42 Å². The van der Waals surface area contributed by atoms with Crippen molar-refractivity contribution in [2.24, 2.45) is 5.10 Å². The number of halogens is 3. The quantitative estimate of drug-likeness (QED) is 0.689. The molecule has 0 saturated carbocycles. The first-order chi connectivity index (χ1) is 6.56. The second-order valence-corrected chi connectivity index (χ2v) is 2.97. The molecular weight excluding hydrogens is 197 g/mol. The molecule has 2 heterocycles. The lowest BCUT2D eigenvalue weighted by atomic mass is 10.3. The number of rotatable bonds is 1.